The quantitative estimate of drug-likeness (QED) is 0.467. The number of aryl methyl sites for hydroxylation is 1. The highest BCUT2D eigenvalue weighted by molar-refractivity contribution is 7.89. The first-order valence-corrected chi connectivity index (χ1v) is 11.5. The summed E-state index contributed by atoms with van der Waals surface area (Å²) in [6.45, 7) is 0.480. The normalized spacial score (nSPS) is 14.5. The van der Waals surface area contributed by atoms with Crippen LogP contribution in [0.15, 0.2) is 63.9 Å². The van der Waals surface area contributed by atoms with E-state index in [0.29, 0.717) is 24.6 Å². The maximum Gasteiger partial charge on any atom is 0.268 e. The molecule has 2 aromatic carbocycles. The fourth-order valence-electron chi connectivity index (χ4n) is 3.75. The van der Waals surface area contributed by atoms with Crippen molar-refractivity contribution in [1.29, 1.82) is 0 Å². The van der Waals surface area contributed by atoms with E-state index in [1.54, 1.807) is 22.9 Å². The van der Waals surface area contributed by atoms with Crippen molar-refractivity contribution >= 4 is 21.6 Å². The van der Waals surface area contributed by atoms with Gasteiger partial charge < -0.3 is 4.42 Å². The van der Waals surface area contributed by atoms with Gasteiger partial charge in [0.25, 0.3) is 5.89 Å². The van der Waals surface area contributed by atoms with Crippen molar-refractivity contribution in [3.8, 4) is 23.0 Å². The van der Waals surface area contributed by atoms with E-state index in [-0.39, 0.29) is 22.4 Å². The first-order chi connectivity index (χ1) is 14.9. The van der Waals surface area contributed by atoms with Crippen LogP contribution in [-0.2, 0) is 30.0 Å². The molecule has 0 radical (unpaired) electrons. The predicted molar refractivity (Wildman–Crippen MR) is 115 cm³/mol. The van der Waals surface area contributed by atoms with Gasteiger partial charge in [0.15, 0.2) is 5.69 Å². The number of hydrogen-bond donors (Lipinski definition) is 0. The van der Waals surface area contributed by atoms with Gasteiger partial charge in [0.1, 0.15) is 4.90 Å². The highest BCUT2D eigenvalue weighted by atomic mass is 35.5. The second-order valence-electron chi connectivity index (χ2n) is 7.19. The zero-order valence-corrected chi connectivity index (χ0v) is 18.1. The highest BCUT2D eigenvalue weighted by Crippen LogP contribution is 2.34. The van der Waals surface area contributed by atoms with Crippen molar-refractivity contribution in [2.45, 2.75) is 17.9 Å². The Bertz CT molecular complexity index is 1360. The number of benzene rings is 2. The van der Waals surface area contributed by atoms with Crippen LogP contribution in [0.5, 0.6) is 0 Å². The number of fused-ring (bicyclic) bond motifs is 1. The number of sulfonamides is 1. The minimum absolute atomic E-state index is 0.0923. The van der Waals surface area contributed by atoms with Crippen molar-refractivity contribution in [2.24, 2.45) is 7.05 Å². The van der Waals surface area contributed by atoms with Crippen LogP contribution < -0.4 is 0 Å². The van der Waals surface area contributed by atoms with Crippen molar-refractivity contribution in [3.05, 3.63) is 70.9 Å². The van der Waals surface area contributed by atoms with Crippen LogP contribution in [0.3, 0.4) is 0 Å². The molecule has 4 aromatic rings. The van der Waals surface area contributed by atoms with Gasteiger partial charge >= 0.3 is 0 Å². The summed E-state index contributed by atoms with van der Waals surface area (Å²) >= 11 is 6.16. The van der Waals surface area contributed by atoms with Crippen LogP contribution in [0, 0.1) is 0 Å². The summed E-state index contributed by atoms with van der Waals surface area (Å²) < 4.78 is 35.5. The van der Waals surface area contributed by atoms with Crippen molar-refractivity contribution in [2.75, 3.05) is 6.54 Å². The number of halogens is 1. The molecule has 0 aliphatic carbocycles. The standard InChI is InChI=1S/C21H18ClN5O3S/c1-26-17-11-12-27(31(28,29)18-10-6-5-9-16(18)22)13-15(17)19(25-26)21-24-23-20(30-21)14-7-3-2-4-8-14/h2-10H,11-13H2,1H3. The molecule has 31 heavy (non-hydrogen) atoms. The Morgan fingerprint density at radius 1 is 1.00 bits per heavy atom. The third-order valence-electron chi connectivity index (χ3n) is 5.31. The molecule has 0 atom stereocenters. The number of nitrogens with zero attached hydrogens (tertiary/aromatic N) is 5. The lowest BCUT2D eigenvalue weighted by atomic mass is 10.1. The summed E-state index contributed by atoms with van der Waals surface area (Å²) in [7, 11) is -1.94. The molecule has 0 saturated heterocycles. The molecule has 0 unspecified atom stereocenters. The van der Waals surface area contributed by atoms with Gasteiger partial charge in [-0.25, -0.2) is 8.42 Å². The van der Waals surface area contributed by atoms with Crippen LogP contribution in [0.4, 0.5) is 0 Å². The SMILES string of the molecule is Cn1nc(-c2nnc(-c3ccccc3)o2)c2c1CCN(S(=O)(=O)c1ccccc1Cl)C2. The molecule has 0 bridgehead atoms. The highest BCUT2D eigenvalue weighted by Gasteiger charge is 2.34. The molecule has 1 aliphatic rings. The second-order valence-corrected chi connectivity index (χ2v) is 9.51. The minimum atomic E-state index is -3.77. The number of rotatable bonds is 4. The fourth-order valence-corrected chi connectivity index (χ4v) is 5.66. The monoisotopic (exact) mass is 455 g/mol. The summed E-state index contributed by atoms with van der Waals surface area (Å²) in [5, 5.41) is 13.0. The van der Waals surface area contributed by atoms with Gasteiger partial charge in [-0.05, 0) is 24.3 Å². The average molecular weight is 456 g/mol. The molecule has 0 saturated carbocycles. The lowest BCUT2D eigenvalue weighted by Gasteiger charge is -2.27. The van der Waals surface area contributed by atoms with Crippen LogP contribution in [0.1, 0.15) is 11.3 Å². The van der Waals surface area contributed by atoms with E-state index in [0.717, 1.165) is 16.8 Å². The topological polar surface area (TPSA) is 94.1 Å². The summed E-state index contributed by atoms with van der Waals surface area (Å²) in [6.07, 6.45) is 0.516. The van der Waals surface area contributed by atoms with Gasteiger partial charge in [0.05, 0.1) is 5.02 Å². The third-order valence-corrected chi connectivity index (χ3v) is 7.66. The Labute approximate surface area is 184 Å². The van der Waals surface area contributed by atoms with Crippen LogP contribution in [0.2, 0.25) is 5.02 Å². The maximum atomic E-state index is 13.2. The van der Waals surface area contributed by atoms with Crippen molar-refractivity contribution in [1.82, 2.24) is 24.3 Å². The molecular weight excluding hydrogens is 438 g/mol. The smallest absolute Gasteiger partial charge is 0.268 e. The molecule has 8 nitrogen and oxygen atoms in total. The lowest BCUT2D eigenvalue weighted by molar-refractivity contribution is 0.386. The van der Waals surface area contributed by atoms with Crippen LogP contribution >= 0.6 is 11.6 Å². The summed E-state index contributed by atoms with van der Waals surface area (Å²) in [5.41, 5.74) is 2.99. The van der Waals surface area contributed by atoms with Crippen LogP contribution in [-0.4, -0.2) is 39.2 Å². The second kappa shape index (κ2) is 7.60. The van der Waals surface area contributed by atoms with Gasteiger partial charge in [-0.15, -0.1) is 10.2 Å². The molecule has 0 fully saturated rings. The molecule has 3 heterocycles. The zero-order valence-electron chi connectivity index (χ0n) is 16.6. The molecule has 5 rings (SSSR count). The van der Waals surface area contributed by atoms with Gasteiger partial charge in [0, 0.05) is 43.4 Å². The van der Waals surface area contributed by atoms with Gasteiger partial charge in [-0.1, -0.05) is 41.9 Å². The fraction of sp³-hybridized carbons (Fsp3) is 0.190. The Hall–Kier alpha value is -3.01. The number of aromatic nitrogens is 4. The Kier molecular flexibility index (Phi) is 4.88. The first kappa shape index (κ1) is 19.9. The summed E-state index contributed by atoms with van der Waals surface area (Å²) in [4.78, 5) is 0.0923. The van der Waals surface area contributed by atoms with E-state index in [9.17, 15) is 8.42 Å². The molecule has 1 aliphatic heterocycles. The van der Waals surface area contributed by atoms with E-state index in [1.807, 2.05) is 37.4 Å². The van der Waals surface area contributed by atoms with E-state index in [1.165, 1.54) is 10.4 Å². The van der Waals surface area contributed by atoms with Crippen molar-refractivity contribution < 1.29 is 12.8 Å². The Balaban J connectivity index is 1.52. The van der Waals surface area contributed by atoms with Crippen molar-refractivity contribution in [3.63, 3.8) is 0 Å². The van der Waals surface area contributed by atoms with E-state index in [4.69, 9.17) is 16.0 Å². The molecule has 0 amide bonds. The van der Waals surface area contributed by atoms with Gasteiger partial charge in [-0.2, -0.15) is 9.40 Å². The van der Waals surface area contributed by atoms with Gasteiger partial charge in [-0.3, -0.25) is 4.68 Å². The predicted octanol–water partition coefficient (Wildman–Crippen LogP) is 3.54. The minimum Gasteiger partial charge on any atom is -0.415 e. The number of hydrogen-bond acceptors (Lipinski definition) is 6. The van der Waals surface area contributed by atoms with Gasteiger partial charge in [0.2, 0.25) is 15.9 Å². The summed E-state index contributed by atoms with van der Waals surface area (Å²) in [5.74, 6) is 0.638. The largest absolute Gasteiger partial charge is 0.415 e. The molecule has 2 aromatic heterocycles. The molecule has 0 N–H and O–H groups in total. The molecule has 10 heteroatoms. The van der Waals surface area contributed by atoms with E-state index < -0.39 is 10.0 Å². The van der Waals surface area contributed by atoms with Crippen LogP contribution in [0.25, 0.3) is 23.0 Å². The zero-order chi connectivity index (χ0) is 21.6. The van der Waals surface area contributed by atoms with E-state index in [2.05, 4.69) is 15.3 Å². The Morgan fingerprint density at radius 3 is 2.48 bits per heavy atom. The third kappa shape index (κ3) is 3.44. The Morgan fingerprint density at radius 2 is 1.71 bits per heavy atom. The molecular formula is C21H18ClN5O3S. The average Bonchev–Trinajstić information content (AvgIpc) is 3.39. The lowest BCUT2D eigenvalue weighted by Crippen LogP contribution is -2.36. The van der Waals surface area contributed by atoms with E-state index >= 15 is 0 Å². The molecule has 158 valence electrons. The summed E-state index contributed by atoms with van der Waals surface area (Å²) in [6, 6.07) is 15.9. The molecule has 0 spiro atoms. The maximum absolute atomic E-state index is 13.2. The first-order valence-electron chi connectivity index (χ1n) is 9.64.